The Bertz CT molecular complexity index is 789. The number of carbonyl (C=O) groups is 2. The maximum absolute atomic E-state index is 12.5. The fourth-order valence-corrected chi connectivity index (χ4v) is 2.87. The molecule has 2 aromatic rings. The first kappa shape index (κ1) is 19.1. The molecule has 0 aliphatic carbocycles. The van der Waals surface area contributed by atoms with Crippen molar-refractivity contribution in [1.29, 1.82) is 0 Å². The molecule has 5 nitrogen and oxygen atoms in total. The van der Waals surface area contributed by atoms with E-state index >= 15 is 0 Å². The molecular formula is C18H18Cl2N2O3. The lowest BCUT2D eigenvalue weighted by Gasteiger charge is -2.18. The number of carbonyl (C=O) groups excluding carboxylic acids is 2. The number of hydrogen-bond acceptors (Lipinski definition) is 4. The first-order valence-electron chi connectivity index (χ1n) is 7.50. The molecule has 0 saturated heterocycles. The summed E-state index contributed by atoms with van der Waals surface area (Å²) in [5.74, 6) is -1.07. The number of esters is 1. The maximum Gasteiger partial charge on any atom is 0.328 e. The molecule has 132 valence electrons. The van der Waals surface area contributed by atoms with Crippen LogP contribution in [0.25, 0.3) is 0 Å². The monoisotopic (exact) mass is 380 g/mol. The van der Waals surface area contributed by atoms with Crippen LogP contribution in [0.1, 0.15) is 21.5 Å². The summed E-state index contributed by atoms with van der Waals surface area (Å²) in [6.45, 7) is 1.90. The van der Waals surface area contributed by atoms with Gasteiger partial charge < -0.3 is 15.8 Å². The summed E-state index contributed by atoms with van der Waals surface area (Å²) in [4.78, 5) is 24.6. The molecule has 0 radical (unpaired) electrons. The number of anilines is 1. The summed E-state index contributed by atoms with van der Waals surface area (Å²) in [6.07, 6.45) is 0.239. The van der Waals surface area contributed by atoms with Crippen LogP contribution in [0, 0.1) is 6.92 Å². The van der Waals surface area contributed by atoms with Crippen LogP contribution < -0.4 is 11.1 Å². The highest BCUT2D eigenvalue weighted by Gasteiger charge is 2.24. The quantitative estimate of drug-likeness (QED) is 0.615. The average molecular weight is 381 g/mol. The molecular weight excluding hydrogens is 363 g/mol. The number of hydrogen-bond donors (Lipinski definition) is 2. The van der Waals surface area contributed by atoms with Crippen molar-refractivity contribution in [2.45, 2.75) is 19.4 Å². The Morgan fingerprint density at radius 2 is 1.92 bits per heavy atom. The number of aryl methyl sites for hydroxylation is 1. The standard InChI is InChI=1S/C18H18Cl2N2O3/c1-10-5-11(7-13(21)6-10)8-16(18(24)25-2)22-17(23)14-9-12(19)3-4-15(14)20/h3-7,9,16H,8,21H2,1-2H3,(H,22,23)/t16-/m0/s1. The van der Waals surface area contributed by atoms with Gasteiger partial charge in [0, 0.05) is 17.1 Å². The summed E-state index contributed by atoms with van der Waals surface area (Å²) in [5, 5.41) is 3.25. The first-order valence-corrected chi connectivity index (χ1v) is 8.25. The summed E-state index contributed by atoms with van der Waals surface area (Å²) in [5.41, 5.74) is 8.38. The number of halogens is 2. The Hall–Kier alpha value is -2.24. The zero-order chi connectivity index (χ0) is 18.6. The highest BCUT2D eigenvalue weighted by atomic mass is 35.5. The first-order chi connectivity index (χ1) is 11.8. The largest absolute Gasteiger partial charge is 0.467 e. The summed E-state index contributed by atoms with van der Waals surface area (Å²) < 4.78 is 4.79. The number of rotatable bonds is 5. The van der Waals surface area contributed by atoms with Crippen LogP contribution in [-0.2, 0) is 16.0 Å². The predicted molar refractivity (Wildman–Crippen MR) is 99.0 cm³/mol. The van der Waals surface area contributed by atoms with Gasteiger partial charge in [-0.2, -0.15) is 0 Å². The molecule has 0 bridgehead atoms. The second-order valence-corrected chi connectivity index (χ2v) is 6.47. The lowest BCUT2D eigenvalue weighted by Crippen LogP contribution is -2.43. The fraction of sp³-hybridized carbons (Fsp3) is 0.222. The number of methoxy groups -OCH3 is 1. The van der Waals surface area contributed by atoms with E-state index in [4.69, 9.17) is 33.7 Å². The molecule has 1 atom stereocenters. The highest BCUT2D eigenvalue weighted by molar-refractivity contribution is 6.35. The molecule has 0 aliphatic rings. The average Bonchev–Trinajstić information content (AvgIpc) is 2.54. The van der Waals surface area contributed by atoms with Crippen LogP contribution in [0.15, 0.2) is 36.4 Å². The number of ether oxygens (including phenoxy) is 1. The number of nitrogens with two attached hydrogens (primary N) is 1. The van der Waals surface area contributed by atoms with E-state index in [1.165, 1.54) is 19.2 Å². The van der Waals surface area contributed by atoms with Gasteiger partial charge in [0.2, 0.25) is 0 Å². The van der Waals surface area contributed by atoms with Crippen molar-refractivity contribution in [2.24, 2.45) is 0 Å². The molecule has 0 aliphatic heterocycles. The van der Waals surface area contributed by atoms with Crippen LogP contribution in [0.5, 0.6) is 0 Å². The van der Waals surface area contributed by atoms with Gasteiger partial charge in [-0.05, 0) is 48.4 Å². The van der Waals surface area contributed by atoms with Crippen molar-refractivity contribution >= 4 is 40.8 Å². The Balaban J connectivity index is 2.24. The lowest BCUT2D eigenvalue weighted by molar-refractivity contribution is -0.142. The van der Waals surface area contributed by atoms with Crippen molar-refractivity contribution in [3.8, 4) is 0 Å². The minimum Gasteiger partial charge on any atom is -0.467 e. The molecule has 0 heterocycles. The SMILES string of the molecule is COC(=O)[C@H](Cc1cc(C)cc(N)c1)NC(=O)c1cc(Cl)ccc1Cl. The van der Waals surface area contributed by atoms with E-state index in [1.807, 2.05) is 19.1 Å². The summed E-state index contributed by atoms with van der Waals surface area (Å²) in [6, 6.07) is 9.13. The number of nitrogen functional groups attached to an aromatic ring is 1. The molecule has 0 spiro atoms. The van der Waals surface area contributed by atoms with Gasteiger partial charge in [-0.1, -0.05) is 29.3 Å². The van der Waals surface area contributed by atoms with Crippen molar-refractivity contribution in [2.75, 3.05) is 12.8 Å². The van der Waals surface area contributed by atoms with E-state index in [-0.39, 0.29) is 17.0 Å². The number of benzene rings is 2. The van der Waals surface area contributed by atoms with E-state index in [9.17, 15) is 9.59 Å². The van der Waals surface area contributed by atoms with Gasteiger partial charge in [0.15, 0.2) is 0 Å². The smallest absolute Gasteiger partial charge is 0.328 e. The van der Waals surface area contributed by atoms with Crippen LogP contribution in [0.2, 0.25) is 10.0 Å². The number of amides is 1. The minimum absolute atomic E-state index is 0.187. The summed E-state index contributed by atoms with van der Waals surface area (Å²) in [7, 11) is 1.26. The van der Waals surface area contributed by atoms with Crippen molar-refractivity contribution in [1.82, 2.24) is 5.32 Å². The van der Waals surface area contributed by atoms with Crippen LogP contribution in [0.4, 0.5) is 5.69 Å². The predicted octanol–water partition coefficient (Wildman–Crippen LogP) is 3.40. The molecule has 1 amide bonds. The van der Waals surface area contributed by atoms with E-state index < -0.39 is 17.9 Å². The van der Waals surface area contributed by atoms with Crippen molar-refractivity contribution in [3.05, 3.63) is 63.1 Å². The molecule has 2 rings (SSSR count). The molecule has 2 aromatic carbocycles. The Morgan fingerprint density at radius 1 is 1.20 bits per heavy atom. The third kappa shape index (κ3) is 5.11. The third-order valence-electron chi connectivity index (χ3n) is 3.56. The van der Waals surface area contributed by atoms with Gasteiger partial charge in [-0.3, -0.25) is 4.79 Å². The van der Waals surface area contributed by atoms with Crippen molar-refractivity contribution < 1.29 is 14.3 Å². The third-order valence-corrected chi connectivity index (χ3v) is 4.13. The Kier molecular flexibility index (Phi) is 6.28. The maximum atomic E-state index is 12.5. The van der Waals surface area contributed by atoms with Crippen LogP contribution in [-0.4, -0.2) is 25.0 Å². The Morgan fingerprint density at radius 3 is 2.56 bits per heavy atom. The van der Waals surface area contributed by atoms with Gasteiger partial charge >= 0.3 is 5.97 Å². The topological polar surface area (TPSA) is 81.4 Å². The van der Waals surface area contributed by atoms with Crippen LogP contribution >= 0.6 is 23.2 Å². The lowest BCUT2D eigenvalue weighted by atomic mass is 10.0. The molecule has 0 fully saturated rings. The Labute approximate surface area is 156 Å². The van der Waals surface area contributed by atoms with Gasteiger partial charge in [-0.25, -0.2) is 4.79 Å². The van der Waals surface area contributed by atoms with Crippen molar-refractivity contribution in [3.63, 3.8) is 0 Å². The van der Waals surface area contributed by atoms with Gasteiger partial charge in [-0.15, -0.1) is 0 Å². The molecule has 25 heavy (non-hydrogen) atoms. The normalized spacial score (nSPS) is 11.7. The zero-order valence-electron chi connectivity index (χ0n) is 13.8. The van der Waals surface area contributed by atoms with E-state index in [1.54, 1.807) is 12.1 Å². The van der Waals surface area contributed by atoms with Crippen LogP contribution in [0.3, 0.4) is 0 Å². The second-order valence-electron chi connectivity index (χ2n) is 5.63. The summed E-state index contributed by atoms with van der Waals surface area (Å²) >= 11 is 11.9. The van der Waals surface area contributed by atoms with Gasteiger partial charge in [0.1, 0.15) is 6.04 Å². The molecule has 0 aromatic heterocycles. The zero-order valence-corrected chi connectivity index (χ0v) is 15.3. The molecule has 0 saturated carbocycles. The molecule has 3 N–H and O–H groups in total. The van der Waals surface area contributed by atoms with E-state index in [0.717, 1.165) is 11.1 Å². The molecule has 0 unspecified atom stereocenters. The number of nitrogens with one attached hydrogen (secondary N) is 1. The highest BCUT2D eigenvalue weighted by Crippen LogP contribution is 2.21. The second kappa shape index (κ2) is 8.23. The van der Waals surface area contributed by atoms with E-state index in [2.05, 4.69) is 5.32 Å². The van der Waals surface area contributed by atoms with Gasteiger partial charge in [0.05, 0.1) is 17.7 Å². The fourth-order valence-electron chi connectivity index (χ4n) is 2.49. The van der Waals surface area contributed by atoms with Gasteiger partial charge in [0.25, 0.3) is 5.91 Å². The molecule has 7 heteroatoms. The minimum atomic E-state index is -0.881. The van der Waals surface area contributed by atoms with E-state index in [0.29, 0.717) is 10.7 Å².